The Kier molecular flexibility index (Phi) is 4.30. The number of rotatable bonds is 5. The maximum Gasteiger partial charge on any atom is 0.307 e. The van der Waals surface area contributed by atoms with Crippen LogP contribution >= 0.6 is 0 Å². The lowest BCUT2D eigenvalue weighted by atomic mass is 10.1. The molecule has 0 saturated carbocycles. The predicted molar refractivity (Wildman–Crippen MR) is 70.3 cm³/mol. The van der Waals surface area contributed by atoms with E-state index in [9.17, 15) is 4.79 Å². The fourth-order valence-electron chi connectivity index (χ4n) is 1.73. The van der Waals surface area contributed by atoms with Crippen molar-refractivity contribution in [3.63, 3.8) is 0 Å². The molecule has 2 rings (SSSR count). The summed E-state index contributed by atoms with van der Waals surface area (Å²) in [6.07, 6.45) is 2.22. The molecule has 0 saturated heterocycles. The molecule has 0 spiro atoms. The first-order chi connectivity index (χ1) is 9.19. The smallest absolute Gasteiger partial charge is 0.307 e. The SMILES string of the molecule is COC(=O)C[C@@H](N)Cc1ncc(-c2ccccc2)o1. The number of nitrogens with two attached hydrogens (primary N) is 1. The summed E-state index contributed by atoms with van der Waals surface area (Å²) in [5.41, 5.74) is 6.79. The van der Waals surface area contributed by atoms with Gasteiger partial charge < -0.3 is 14.9 Å². The van der Waals surface area contributed by atoms with Gasteiger partial charge in [0.2, 0.25) is 0 Å². The van der Waals surface area contributed by atoms with Crippen molar-refractivity contribution in [3.8, 4) is 11.3 Å². The molecule has 5 nitrogen and oxygen atoms in total. The van der Waals surface area contributed by atoms with E-state index in [-0.39, 0.29) is 18.4 Å². The molecule has 1 aromatic carbocycles. The van der Waals surface area contributed by atoms with E-state index < -0.39 is 0 Å². The van der Waals surface area contributed by atoms with Crippen molar-refractivity contribution in [2.24, 2.45) is 5.73 Å². The van der Waals surface area contributed by atoms with Crippen LogP contribution in [0.25, 0.3) is 11.3 Å². The van der Waals surface area contributed by atoms with Crippen LogP contribution in [0, 0.1) is 0 Å². The summed E-state index contributed by atoms with van der Waals surface area (Å²) >= 11 is 0. The molecule has 1 aromatic heterocycles. The molecule has 0 aliphatic carbocycles. The number of oxazole rings is 1. The van der Waals surface area contributed by atoms with Crippen molar-refractivity contribution in [2.45, 2.75) is 18.9 Å². The fourth-order valence-corrected chi connectivity index (χ4v) is 1.73. The molecule has 5 heteroatoms. The first-order valence-electron chi connectivity index (χ1n) is 6.01. The molecular weight excluding hydrogens is 244 g/mol. The minimum absolute atomic E-state index is 0.152. The zero-order valence-corrected chi connectivity index (χ0v) is 10.7. The maximum atomic E-state index is 11.1. The Bertz CT molecular complexity index is 537. The van der Waals surface area contributed by atoms with Gasteiger partial charge in [-0.2, -0.15) is 0 Å². The van der Waals surface area contributed by atoms with E-state index >= 15 is 0 Å². The third-order valence-corrected chi connectivity index (χ3v) is 2.71. The van der Waals surface area contributed by atoms with E-state index in [2.05, 4.69) is 9.72 Å². The molecule has 2 N–H and O–H groups in total. The van der Waals surface area contributed by atoms with Gasteiger partial charge in [0.25, 0.3) is 0 Å². The molecular formula is C14H16N2O3. The number of hydrogen-bond acceptors (Lipinski definition) is 5. The number of carbonyl (C=O) groups excluding carboxylic acids is 1. The lowest BCUT2D eigenvalue weighted by Gasteiger charge is -2.06. The molecule has 100 valence electrons. The molecule has 0 aliphatic heterocycles. The van der Waals surface area contributed by atoms with Crippen molar-refractivity contribution >= 4 is 5.97 Å². The average Bonchev–Trinajstić information content (AvgIpc) is 2.88. The molecule has 0 aliphatic rings. The molecule has 0 radical (unpaired) electrons. The van der Waals surface area contributed by atoms with Gasteiger partial charge in [0.05, 0.1) is 19.7 Å². The Hall–Kier alpha value is -2.14. The molecule has 0 amide bonds. The third-order valence-electron chi connectivity index (χ3n) is 2.71. The predicted octanol–water partition coefficient (Wildman–Crippen LogP) is 1.77. The number of benzene rings is 1. The van der Waals surface area contributed by atoms with E-state index in [0.29, 0.717) is 18.1 Å². The van der Waals surface area contributed by atoms with Gasteiger partial charge in [-0.15, -0.1) is 0 Å². The van der Waals surface area contributed by atoms with Crippen LogP contribution in [-0.4, -0.2) is 24.1 Å². The molecule has 2 aromatic rings. The first kappa shape index (κ1) is 13.3. The van der Waals surface area contributed by atoms with Crippen LogP contribution in [-0.2, 0) is 16.0 Å². The lowest BCUT2D eigenvalue weighted by Crippen LogP contribution is -2.26. The van der Waals surface area contributed by atoms with E-state index in [1.165, 1.54) is 7.11 Å². The second kappa shape index (κ2) is 6.15. The fraction of sp³-hybridized carbons (Fsp3) is 0.286. The first-order valence-corrected chi connectivity index (χ1v) is 6.01. The standard InChI is InChI=1S/C14H16N2O3/c1-18-14(17)8-11(15)7-13-16-9-12(19-13)10-5-3-2-4-6-10/h2-6,9,11H,7-8,15H2,1H3/t11-/m0/s1. The summed E-state index contributed by atoms with van der Waals surface area (Å²) in [7, 11) is 1.34. The highest BCUT2D eigenvalue weighted by Crippen LogP contribution is 2.20. The Morgan fingerprint density at radius 3 is 2.84 bits per heavy atom. The summed E-state index contributed by atoms with van der Waals surface area (Å²) in [6, 6.07) is 9.33. The highest BCUT2D eigenvalue weighted by molar-refractivity contribution is 5.69. The zero-order chi connectivity index (χ0) is 13.7. The Labute approximate surface area is 111 Å². The maximum absolute atomic E-state index is 11.1. The number of nitrogens with zero attached hydrogens (tertiary/aromatic N) is 1. The van der Waals surface area contributed by atoms with Crippen molar-refractivity contribution < 1.29 is 13.9 Å². The number of esters is 1. The van der Waals surface area contributed by atoms with Crippen LogP contribution in [0.4, 0.5) is 0 Å². The molecule has 0 fully saturated rings. The number of aromatic nitrogens is 1. The number of hydrogen-bond donors (Lipinski definition) is 1. The van der Waals surface area contributed by atoms with Gasteiger partial charge in [0.1, 0.15) is 0 Å². The summed E-state index contributed by atoms with van der Waals surface area (Å²) in [5.74, 6) is 0.887. The second-order valence-corrected chi connectivity index (χ2v) is 4.23. The van der Waals surface area contributed by atoms with Gasteiger partial charge in [-0.1, -0.05) is 30.3 Å². The number of methoxy groups -OCH3 is 1. The molecule has 1 atom stereocenters. The molecule has 1 heterocycles. The second-order valence-electron chi connectivity index (χ2n) is 4.23. The quantitative estimate of drug-likeness (QED) is 0.829. The van der Waals surface area contributed by atoms with Gasteiger partial charge in [0.15, 0.2) is 11.7 Å². The van der Waals surface area contributed by atoms with E-state index in [1.807, 2.05) is 30.3 Å². The van der Waals surface area contributed by atoms with Crippen molar-refractivity contribution in [3.05, 3.63) is 42.4 Å². The monoisotopic (exact) mass is 260 g/mol. The highest BCUT2D eigenvalue weighted by atomic mass is 16.5. The van der Waals surface area contributed by atoms with Crippen LogP contribution in [0.5, 0.6) is 0 Å². The topological polar surface area (TPSA) is 78.4 Å². The summed E-state index contributed by atoms with van der Waals surface area (Å²) in [4.78, 5) is 15.3. The molecule has 0 bridgehead atoms. The van der Waals surface area contributed by atoms with Crippen molar-refractivity contribution in [2.75, 3.05) is 7.11 Å². The summed E-state index contributed by atoms with van der Waals surface area (Å²) < 4.78 is 10.2. The number of ether oxygens (including phenoxy) is 1. The van der Waals surface area contributed by atoms with E-state index in [4.69, 9.17) is 10.2 Å². The van der Waals surface area contributed by atoms with Gasteiger partial charge in [-0.05, 0) is 0 Å². The van der Waals surface area contributed by atoms with Gasteiger partial charge in [-0.3, -0.25) is 4.79 Å². The molecule has 0 unspecified atom stereocenters. The van der Waals surface area contributed by atoms with Crippen LogP contribution in [0.2, 0.25) is 0 Å². The largest absolute Gasteiger partial charge is 0.469 e. The lowest BCUT2D eigenvalue weighted by molar-refractivity contribution is -0.141. The highest BCUT2D eigenvalue weighted by Gasteiger charge is 2.14. The van der Waals surface area contributed by atoms with Crippen LogP contribution in [0.1, 0.15) is 12.3 Å². The van der Waals surface area contributed by atoms with Crippen molar-refractivity contribution in [1.29, 1.82) is 0 Å². The average molecular weight is 260 g/mol. The zero-order valence-electron chi connectivity index (χ0n) is 10.7. The van der Waals surface area contributed by atoms with Gasteiger partial charge in [-0.25, -0.2) is 4.98 Å². The summed E-state index contributed by atoms with van der Waals surface area (Å²) in [5, 5.41) is 0. The van der Waals surface area contributed by atoms with Crippen molar-refractivity contribution in [1.82, 2.24) is 4.98 Å². The van der Waals surface area contributed by atoms with Crippen LogP contribution < -0.4 is 5.73 Å². The van der Waals surface area contributed by atoms with E-state index in [1.54, 1.807) is 6.20 Å². The van der Waals surface area contributed by atoms with Crippen LogP contribution in [0.3, 0.4) is 0 Å². The van der Waals surface area contributed by atoms with Gasteiger partial charge >= 0.3 is 5.97 Å². The number of carbonyl (C=O) groups is 1. The minimum Gasteiger partial charge on any atom is -0.469 e. The molecule has 19 heavy (non-hydrogen) atoms. The Balaban J connectivity index is 2.00. The Morgan fingerprint density at radius 1 is 1.42 bits per heavy atom. The minimum atomic E-state index is -0.352. The summed E-state index contributed by atoms with van der Waals surface area (Å²) in [6.45, 7) is 0. The van der Waals surface area contributed by atoms with E-state index in [0.717, 1.165) is 5.56 Å². The van der Waals surface area contributed by atoms with Gasteiger partial charge in [0, 0.05) is 18.0 Å². The normalized spacial score (nSPS) is 12.1. The van der Waals surface area contributed by atoms with Crippen LogP contribution in [0.15, 0.2) is 40.9 Å². The Morgan fingerprint density at radius 2 is 2.16 bits per heavy atom. The third kappa shape index (κ3) is 3.66.